The van der Waals surface area contributed by atoms with E-state index < -0.39 is 10.0 Å². The van der Waals surface area contributed by atoms with Crippen LogP contribution in [0.5, 0.6) is 5.75 Å². The average Bonchev–Trinajstić information content (AvgIpc) is 3.34. The van der Waals surface area contributed by atoms with Crippen molar-refractivity contribution in [3.63, 3.8) is 0 Å². The average molecular weight is 453 g/mol. The predicted molar refractivity (Wildman–Crippen MR) is 108 cm³/mol. The van der Waals surface area contributed by atoms with Gasteiger partial charge in [0.1, 0.15) is 5.75 Å². The Morgan fingerprint density at radius 1 is 1.22 bits per heavy atom. The molecule has 0 radical (unpaired) electrons. The van der Waals surface area contributed by atoms with Gasteiger partial charge in [0, 0.05) is 11.6 Å². The van der Waals surface area contributed by atoms with Crippen LogP contribution in [0.15, 0.2) is 51.8 Å². The summed E-state index contributed by atoms with van der Waals surface area (Å²) in [5.41, 5.74) is 0.876. The smallest absolute Gasteiger partial charge is 0.261 e. The van der Waals surface area contributed by atoms with Crippen molar-refractivity contribution in [2.75, 3.05) is 16.6 Å². The molecule has 1 aliphatic rings. The Bertz CT molecular complexity index is 962. The number of hydrogen-bond donors (Lipinski definition) is 2. The molecular weight excluding hydrogens is 432 g/mol. The molecule has 1 amide bonds. The minimum absolute atomic E-state index is 0.0181. The monoisotopic (exact) mass is 452 g/mol. The van der Waals surface area contributed by atoms with Gasteiger partial charge < -0.3 is 10.1 Å². The lowest BCUT2D eigenvalue weighted by molar-refractivity contribution is -0.117. The van der Waals surface area contributed by atoms with Crippen LogP contribution in [0.1, 0.15) is 20.3 Å². The predicted octanol–water partition coefficient (Wildman–Crippen LogP) is 4.24. The van der Waals surface area contributed by atoms with Gasteiger partial charge in [-0.15, -0.1) is 0 Å². The first-order valence-corrected chi connectivity index (χ1v) is 10.9. The van der Waals surface area contributed by atoms with E-state index in [1.165, 1.54) is 12.1 Å². The maximum absolute atomic E-state index is 12.7. The van der Waals surface area contributed by atoms with E-state index in [0.717, 1.165) is 6.42 Å². The molecule has 2 aromatic rings. The Morgan fingerprint density at radius 2 is 1.96 bits per heavy atom. The number of halogens is 1. The highest BCUT2D eigenvalue weighted by Crippen LogP contribution is 2.38. The topological polar surface area (TPSA) is 84.5 Å². The standard InChI is InChI=1S/C19H21BrN2O4S/c1-3-26-18-8-7-14(11-17(18)20)22-27(24,25)15-6-4-5-13(10-15)21-19(23)16-9-12(16)2/h4-8,10-12,16,22H,3,9H2,1-2H3,(H,21,23)/t12-,16-/m1/s1. The molecule has 0 saturated heterocycles. The summed E-state index contributed by atoms with van der Waals surface area (Å²) in [6.07, 6.45) is 0.873. The molecule has 0 aromatic heterocycles. The fourth-order valence-corrected chi connectivity index (χ4v) is 4.30. The van der Waals surface area contributed by atoms with Crippen LogP contribution in [0.25, 0.3) is 0 Å². The second-order valence-electron chi connectivity index (χ2n) is 6.52. The first-order chi connectivity index (χ1) is 12.8. The summed E-state index contributed by atoms with van der Waals surface area (Å²) in [7, 11) is -3.79. The number of rotatable bonds is 7. The van der Waals surface area contributed by atoms with Gasteiger partial charge in [-0.05, 0) is 71.6 Å². The van der Waals surface area contributed by atoms with Crippen LogP contribution in [0.3, 0.4) is 0 Å². The normalized spacial score (nSPS) is 18.6. The van der Waals surface area contributed by atoms with Crippen molar-refractivity contribution < 1.29 is 17.9 Å². The summed E-state index contributed by atoms with van der Waals surface area (Å²) in [6.45, 7) is 4.41. The summed E-state index contributed by atoms with van der Waals surface area (Å²) in [5.74, 6) is 0.973. The molecule has 0 bridgehead atoms. The lowest BCUT2D eigenvalue weighted by atomic mass is 10.3. The van der Waals surface area contributed by atoms with Gasteiger partial charge in [-0.25, -0.2) is 8.42 Å². The highest BCUT2D eigenvalue weighted by molar-refractivity contribution is 9.10. The van der Waals surface area contributed by atoms with Crippen molar-refractivity contribution in [3.8, 4) is 5.75 Å². The zero-order chi connectivity index (χ0) is 19.6. The molecule has 0 aliphatic heterocycles. The van der Waals surface area contributed by atoms with Crippen LogP contribution in [0.4, 0.5) is 11.4 Å². The number of benzene rings is 2. The van der Waals surface area contributed by atoms with E-state index in [9.17, 15) is 13.2 Å². The molecule has 0 spiro atoms. The van der Waals surface area contributed by atoms with Gasteiger partial charge in [-0.1, -0.05) is 13.0 Å². The zero-order valence-corrected chi connectivity index (χ0v) is 17.4. The van der Waals surface area contributed by atoms with Crippen molar-refractivity contribution in [1.82, 2.24) is 0 Å². The first-order valence-electron chi connectivity index (χ1n) is 8.66. The number of amides is 1. The summed E-state index contributed by atoms with van der Waals surface area (Å²) in [5, 5.41) is 2.79. The van der Waals surface area contributed by atoms with Gasteiger partial charge in [0.05, 0.1) is 21.7 Å². The highest BCUT2D eigenvalue weighted by atomic mass is 79.9. The number of ether oxygens (including phenoxy) is 1. The molecular formula is C19H21BrN2O4S. The van der Waals surface area contributed by atoms with Gasteiger partial charge in [-0.2, -0.15) is 0 Å². The van der Waals surface area contributed by atoms with E-state index in [1.54, 1.807) is 30.3 Å². The van der Waals surface area contributed by atoms with Crippen molar-refractivity contribution in [3.05, 3.63) is 46.9 Å². The van der Waals surface area contributed by atoms with E-state index in [1.807, 2.05) is 13.8 Å². The van der Waals surface area contributed by atoms with Crippen molar-refractivity contribution in [2.45, 2.75) is 25.2 Å². The number of nitrogens with one attached hydrogen (secondary N) is 2. The molecule has 27 heavy (non-hydrogen) atoms. The van der Waals surface area contributed by atoms with Gasteiger partial charge in [0.2, 0.25) is 5.91 Å². The molecule has 1 saturated carbocycles. The quantitative estimate of drug-likeness (QED) is 0.657. The number of sulfonamides is 1. The molecule has 2 aromatic carbocycles. The largest absolute Gasteiger partial charge is 0.493 e. The Morgan fingerprint density at radius 3 is 2.59 bits per heavy atom. The Balaban J connectivity index is 1.75. The number of carbonyl (C=O) groups is 1. The van der Waals surface area contributed by atoms with Crippen molar-refractivity contribution in [1.29, 1.82) is 0 Å². The lowest BCUT2D eigenvalue weighted by Crippen LogP contribution is -2.16. The summed E-state index contributed by atoms with van der Waals surface area (Å²) in [4.78, 5) is 12.1. The minimum atomic E-state index is -3.79. The fraction of sp³-hybridized carbons (Fsp3) is 0.316. The molecule has 1 aliphatic carbocycles. The molecule has 3 rings (SSSR count). The van der Waals surface area contributed by atoms with Gasteiger partial charge in [0.25, 0.3) is 10.0 Å². The van der Waals surface area contributed by atoms with Gasteiger partial charge in [-0.3, -0.25) is 9.52 Å². The fourth-order valence-electron chi connectivity index (χ4n) is 2.71. The van der Waals surface area contributed by atoms with E-state index in [-0.39, 0.29) is 16.7 Å². The second-order valence-corrected chi connectivity index (χ2v) is 9.06. The summed E-state index contributed by atoms with van der Waals surface area (Å²) >= 11 is 3.37. The van der Waals surface area contributed by atoms with E-state index >= 15 is 0 Å². The third kappa shape index (κ3) is 4.81. The van der Waals surface area contributed by atoms with E-state index in [0.29, 0.717) is 34.1 Å². The Kier molecular flexibility index (Phi) is 5.76. The van der Waals surface area contributed by atoms with E-state index in [2.05, 4.69) is 26.0 Å². The van der Waals surface area contributed by atoms with Crippen LogP contribution in [-0.2, 0) is 14.8 Å². The molecule has 0 unspecified atom stereocenters. The third-order valence-electron chi connectivity index (χ3n) is 4.34. The molecule has 2 atom stereocenters. The first kappa shape index (κ1) is 19.7. The SMILES string of the molecule is CCOc1ccc(NS(=O)(=O)c2cccc(NC(=O)[C@@H]3C[C@H]3C)c2)cc1Br. The molecule has 6 nitrogen and oxygen atoms in total. The van der Waals surface area contributed by atoms with Crippen LogP contribution in [-0.4, -0.2) is 20.9 Å². The van der Waals surface area contributed by atoms with Gasteiger partial charge >= 0.3 is 0 Å². The molecule has 8 heteroatoms. The van der Waals surface area contributed by atoms with Crippen molar-refractivity contribution in [2.24, 2.45) is 11.8 Å². The second kappa shape index (κ2) is 7.90. The molecule has 144 valence electrons. The van der Waals surface area contributed by atoms with Crippen molar-refractivity contribution >= 4 is 43.2 Å². The molecule has 0 heterocycles. The van der Waals surface area contributed by atoms with Crippen LogP contribution >= 0.6 is 15.9 Å². The number of anilines is 2. The minimum Gasteiger partial charge on any atom is -0.493 e. The third-order valence-corrected chi connectivity index (χ3v) is 6.34. The number of hydrogen-bond acceptors (Lipinski definition) is 4. The van der Waals surface area contributed by atoms with Crippen LogP contribution in [0.2, 0.25) is 0 Å². The van der Waals surface area contributed by atoms with Crippen LogP contribution in [0, 0.1) is 11.8 Å². The summed E-state index contributed by atoms with van der Waals surface area (Å²) < 4.78 is 34.0. The van der Waals surface area contributed by atoms with Gasteiger partial charge in [0.15, 0.2) is 0 Å². The highest BCUT2D eigenvalue weighted by Gasteiger charge is 2.39. The Labute approximate surface area is 167 Å². The Hall–Kier alpha value is -2.06. The molecule has 2 N–H and O–H groups in total. The maximum atomic E-state index is 12.7. The summed E-state index contributed by atoms with van der Waals surface area (Å²) in [6, 6.07) is 11.2. The number of carbonyl (C=O) groups excluding carboxylic acids is 1. The maximum Gasteiger partial charge on any atom is 0.261 e. The lowest BCUT2D eigenvalue weighted by Gasteiger charge is -2.12. The van der Waals surface area contributed by atoms with E-state index in [4.69, 9.17) is 4.74 Å². The molecule has 1 fully saturated rings. The van der Waals surface area contributed by atoms with Crippen LogP contribution < -0.4 is 14.8 Å². The zero-order valence-electron chi connectivity index (χ0n) is 15.0.